The van der Waals surface area contributed by atoms with E-state index in [1.54, 1.807) is 0 Å². The summed E-state index contributed by atoms with van der Waals surface area (Å²) in [6.07, 6.45) is 0.679. The summed E-state index contributed by atoms with van der Waals surface area (Å²) in [5.41, 5.74) is 1.03. The summed E-state index contributed by atoms with van der Waals surface area (Å²) in [5.74, 6) is -0.412. The first-order valence-electron chi connectivity index (χ1n) is 7.24. The predicted octanol–water partition coefficient (Wildman–Crippen LogP) is 3.31. The highest BCUT2D eigenvalue weighted by Gasteiger charge is 2.12. The van der Waals surface area contributed by atoms with Crippen molar-refractivity contribution in [2.24, 2.45) is 0 Å². The minimum Gasteiger partial charge on any atom is -0.486 e. The molecule has 120 valence electrons. The Hall–Kier alpha value is -2.63. The molecular weight excluding hydrogens is 304 g/mol. The van der Waals surface area contributed by atoms with E-state index in [1.807, 2.05) is 18.2 Å². The molecule has 0 saturated heterocycles. The summed E-state index contributed by atoms with van der Waals surface area (Å²) in [7, 11) is 0. The number of anilines is 1. The van der Waals surface area contributed by atoms with Crippen molar-refractivity contribution < 1.29 is 23.0 Å². The number of nitrogens with one attached hydrogen (secondary N) is 1. The van der Waals surface area contributed by atoms with E-state index in [-0.39, 0.29) is 18.0 Å². The Bertz CT molecular complexity index is 714. The van der Waals surface area contributed by atoms with Gasteiger partial charge in [-0.3, -0.25) is 4.79 Å². The van der Waals surface area contributed by atoms with Gasteiger partial charge in [0.1, 0.15) is 24.8 Å². The molecule has 0 spiro atoms. The Kier molecular flexibility index (Phi) is 4.41. The fourth-order valence-corrected chi connectivity index (χ4v) is 2.35. The summed E-state index contributed by atoms with van der Waals surface area (Å²) < 4.78 is 37.1. The molecule has 0 radical (unpaired) electrons. The van der Waals surface area contributed by atoms with Crippen molar-refractivity contribution in [3.8, 4) is 11.5 Å². The lowest BCUT2D eigenvalue weighted by Gasteiger charge is -2.18. The van der Waals surface area contributed by atoms with Gasteiger partial charge < -0.3 is 14.8 Å². The van der Waals surface area contributed by atoms with Crippen LogP contribution in [0.4, 0.5) is 14.5 Å². The maximum atomic E-state index is 13.1. The highest BCUT2D eigenvalue weighted by Crippen LogP contribution is 2.31. The van der Waals surface area contributed by atoms with Crippen molar-refractivity contribution in [3.63, 3.8) is 0 Å². The normalized spacial score (nSPS) is 12.8. The topological polar surface area (TPSA) is 47.6 Å². The second-order valence-electron chi connectivity index (χ2n) is 5.18. The number of halogens is 2. The highest BCUT2D eigenvalue weighted by atomic mass is 19.1. The standard InChI is InChI=1S/C17H15F2NO3/c18-12-8-13(19)10-14(9-12)20-17(21)4-2-11-1-3-15-16(7-11)23-6-5-22-15/h1,3,7-10H,2,4-6H2,(H,20,21). The third kappa shape index (κ3) is 3.97. The fourth-order valence-electron chi connectivity index (χ4n) is 2.35. The number of ether oxygens (including phenoxy) is 2. The molecule has 1 N–H and O–H groups in total. The van der Waals surface area contributed by atoms with Gasteiger partial charge in [0.25, 0.3) is 0 Å². The summed E-state index contributed by atoms with van der Waals surface area (Å²) in [6, 6.07) is 8.41. The monoisotopic (exact) mass is 319 g/mol. The van der Waals surface area contributed by atoms with E-state index in [4.69, 9.17) is 9.47 Å². The van der Waals surface area contributed by atoms with E-state index in [1.165, 1.54) is 0 Å². The SMILES string of the molecule is O=C(CCc1ccc2c(c1)OCCO2)Nc1cc(F)cc(F)c1. The molecule has 0 fully saturated rings. The average Bonchev–Trinajstić information content (AvgIpc) is 2.52. The zero-order valence-corrected chi connectivity index (χ0v) is 12.3. The average molecular weight is 319 g/mol. The van der Waals surface area contributed by atoms with Crippen molar-refractivity contribution in [1.29, 1.82) is 0 Å². The van der Waals surface area contributed by atoms with Gasteiger partial charge in [0.15, 0.2) is 11.5 Å². The number of carbonyl (C=O) groups is 1. The predicted molar refractivity (Wildman–Crippen MR) is 80.7 cm³/mol. The molecule has 0 aromatic heterocycles. The molecule has 4 nitrogen and oxygen atoms in total. The minimum atomic E-state index is -0.730. The highest BCUT2D eigenvalue weighted by molar-refractivity contribution is 5.90. The Balaban J connectivity index is 1.58. The molecule has 1 amide bonds. The molecule has 0 unspecified atom stereocenters. The van der Waals surface area contributed by atoms with Crippen LogP contribution in [0.5, 0.6) is 11.5 Å². The largest absolute Gasteiger partial charge is 0.486 e. The van der Waals surface area contributed by atoms with Crippen LogP contribution in [-0.4, -0.2) is 19.1 Å². The third-order valence-corrected chi connectivity index (χ3v) is 3.39. The van der Waals surface area contributed by atoms with E-state index in [0.29, 0.717) is 31.1 Å². The Labute approximate surface area is 132 Å². The van der Waals surface area contributed by atoms with Crippen molar-refractivity contribution in [3.05, 3.63) is 53.6 Å². The lowest BCUT2D eigenvalue weighted by molar-refractivity contribution is -0.116. The molecule has 0 bridgehead atoms. The maximum Gasteiger partial charge on any atom is 0.224 e. The lowest BCUT2D eigenvalue weighted by Crippen LogP contribution is -2.16. The fraction of sp³-hybridized carbons (Fsp3) is 0.235. The summed E-state index contributed by atoms with van der Waals surface area (Å²) in [4.78, 5) is 11.9. The second kappa shape index (κ2) is 6.64. The van der Waals surface area contributed by atoms with Gasteiger partial charge >= 0.3 is 0 Å². The molecule has 6 heteroatoms. The van der Waals surface area contributed by atoms with E-state index < -0.39 is 11.6 Å². The zero-order chi connectivity index (χ0) is 16.2. The number of hydrogen-bond acceptors (Lipinski definition) is 3. The maximum absolute atomic E-state index is 13.1. The molecule has 0 aliphatic carbocycles. The van der Waals surface area contributed by atoms with Crippen molar-refractivity contribution >= 4 is 11.6 Å². The summed E-state index contributed by atoms with van der Waals surface area (Å²) in [5, 5.41) is 2.48. The quantitative estimate of drug-likeness (QED) is 0.940. The number of aryl methyl sites for hydroxylation is 1. The Morgan fingerprint density at radius 1 is 1.00 bits per heavy atom. The number of amides is 1. The van der Waals surface area contributed by atoms with Gasteiger partial charge in [-0.25, -0.2) is 8.78 Å². The van der Waals surface area contributed by atoms with E-state index in [2.05, 4.69) is 5.32 Å². The second-order valence-corrected chi connectivity index (χ2v) is 5.18. The van der Waals surface area contributed by atoms with E-state index in [0.717, 1.165) is 23.8 Å². The molecule has 3 rings (SSSR count). The molecular formula is C17H15F2NO3. The van der Waals surface area contributed by atoms with Gasteiger partial charge in [-0.15, -0.1) is 0 Å². The Morgan fingerprint density at radius 2 is 1.70 bits per heavy atom. The van der Waals surface area contributed by atoms with Crippen LogP contribution < -0.4 is 14.8 Å². The van der Waals surface area contributed by atoms with Crippen LogP contribution in [0.3, 0.4) is 0 Å². The molecule has 2 aromatic rings. The van der Waals surface area contributed by atoms with Crippen LogP contribution in [-0.2, 0) is 11.2 Å². The van der Waals surface area contributed by atoms with Gasteiger partial charge in [0.05, 0.1) is 0 Å². The van der Waals surface area contributed by atoms with Crippen LogP contribution in [0.15, 0.2) is 36.4 Å². The molecule has 0 saturated carbocycles. The molecule has 2 aromatic carbocycles. The number of hydrogen-bond donors (Lipinski definition) is 1. The van der Waals surface area contributed by atoms with Crippen molar-refractivity contribution in [2.45, 2.75) is 12.8 Å². The van der Waals surface area contributed by atoms with Gasteiger partial charge in [-0.2, -0.15) is 0 Å². The van der Waals surface area contributed by atoms with Crippen molar-refractivity contribution in [2.75, 3.05) is 18.5 Å². The third-order valence-electron chi connectivity index (χ3n) is 3.39. The minimum absolute atomic E-state index is 0.106. The van der Waals surface area contributed by atoms with Gasteiger partial charge in [-0.1, -0.05) is 6.07 Å². The zero-order valence-electron chi connectivity index (χ0n) is 12.3. The Morgan fingerprint density at radius 3 is 2.43 bits per heavy atom. The first-order valence-corrected chi connectivity index (χ1v) is 7.24. The van der Waals surface area contributed by atoms with Crippen LogP contribution in [0.2, 0.25) is 0 Å². The molecule has 1 heterocycles. The van der Waals surface area contributed by atoms with Crippen LogP contribution in [0.25, 0.3) is 0 Å². The first kappa shape index (κ1) is 15.3. The molecule has 1 aliphatic heterocycles. The summed E-state index contributed by atoms with van der Waals surface area (Å²) >= 11 is 0. The summed E-state index contributed by atoms with van der Waals surface area (Å²) in [6.45, 7) is 1.03. The van der Waals surface area contributed by atoms with E-state index in [9.17, 15) is 13.6 Å². The molecule has 23 heavy (non-hydrogen) atoms. The van der Waals surface area contributed by atoms with Crippen LogP contribution in [0, 0.1) is 11.6 Å². The smallest absolute Gasteiger partial charge is 0.224 e. The van der Waals surface area contributed by atoms with Crippen LogP contribution >= 0.6 is 0 Å². The number of rotatable bonds is 4. The van der Waals surface area contributed by atoms with Gasteiger partial charge in [0, 0.05) is 18.2 Å². The van der Waals surface area contributed by atoms with Crippen LogP contribution in [0.1, 0.15) is 12.0 Å². The van der Waals surface area contributed by atoms with Gasteiger partial charge in [0.2, 0.25) is 5.91 Å². The molecule has 1 aliphatic rings. The van der Waals surface area contributed by atoms with Gasteiger partial charge in [-0.05, 0) is 36.2 Å². The van der Waals surface area contributed by atoms with E-state index >= 15 is 0 Å². The number of benzene rings is 2. The van der Waals surface area contributed by atoms with Crippen molar-refractivity contribution in [1.82, 2.24) is 0 Å². The number of fused-ring (bicyclic) bond motifs is 1. The molecule has 0 atom stereocenters. The number of carbonyl (C=O) groups excluding carboxylic acids is 1. The first-order chi connectivity index (χ1) is 11.1. The lowest BCUT2D eigenvalue weighted by atomic mass is 10.1.